The molecule has 3 amide bonds. The van der Waals surface area contributed by atoms with Crippen LogP contribution in [0.2, 0.25) is 0 Å². The minimum Gasteiger partial charge on any atom is -0.434 e. The largest absolute Gasteiger partial charge is 0.434 e. The number of carbonyl (C=O) groups is 2. The Bertz CT molecular complexity index is 1510. The highest BCUT2D eigenvalue weighted by atomic mass is 19.4. The van der Waals surface area contributed by atoms with Crippen LogP contribution in [0, 0.1) is 0 Å². The number of alkyl halides is 5. The Morgan fingerprint density at radius 3 is 2.57 bits per heavy atom. The Balaban J connectivity index is 1.47. The number of benzene rings is 1. The van der Waals surface area contributed by atoms with Crippen molar-refractivity contribution in [1.82, 2.24) is 19.9 Å². The van der Waals surface area contributed by atoms with Gasteiger partial charge in [-0.3, -0.25) is 14.7 Å². The predicted molar refractivity (Wildman–Crippen MR) is 117 cm³/mol. The monoisotopic (exact) mass is 520 g/mol. The quantitative estimate of drug-likeness (QED) is 0.289. The molecule has 3 aromatic heterocycles. The minimum atomic E-state index is -4.72. The van der Waals surface area contributed by atoms with Crippen LogP contribution in [-0.4, -0.2) is 45.0 Å². The third kappa shape index (κ3) is 4.57. The molecule has 0 radical (unpaired) electrons. The number of pyridine rings is 1. The van der Waals surface area contributed by atoms with E-state index in [1.807, 2.05) is 0 Å². The van der Waals surface area contributed by atoms with E-state index < -0.39 is 42.6 Å². The number of amides is 3. The van der Waals surface area contributed by atoms with E-state index in [4.69, 9.17) is 4.74 Å². The molecule has 0 aliphatic carbocycles. The lowest BCUT2D eigenvalue weighted by atomic mass is 10.2. The number of ether oxygens (including phenoxy) is 2. The number of imide groups is 1. The number of anilines is 2. The molecule has 0 atom stereocenters. The van der Waals surface area contributed by atoms with Gasteiger partial charge in [-0.15, -0.1) is 0 Å². The predicted octanol–water partition coefficient (Wildman–Crippen LogP) is 4.74. The van der Waals surface area contributed by atoms with Gasteiger partial charge in [0.25, 0.3) is 5.91 Å². The van der Waals surface area contributed by atoms with Crippen molar-refractivity contribution < 1.29 is 41.0 Å². The molecule has 1 saturated heterocycles. The summed E-state index contributed by atoms with van der Waals surface area (Å²) < 4.78 is 75.7. The third-order valence-electron chi connectivity index (χ3n) is 5.25. The molecule has 1 aromatic carbocycles. The van der Waals surface area contributed by atoms with Gasteiger partial charge >= 0.3 is 18.8 Å². The lowest BCUT2D eigenvalue weighted by Crippen LogP contribution is -2.33. The Morgan fingerprint density at radius 1 is 1.00 bits per heavy atom. The molecule has 4 heterocycles. The van der Waals surface area contributed by atoms with Crippen LogP contribution in [0.4, 0.5) is 38.1 Å². The summed E-state index contributed by atoms with van der Waals surface area (Å²) in [5.74, 6) is -1.52. The zero-order chi connectivity index (χ0) is 26.3. The van der Waals surface area contributed by atoms with Crippen LogP contribution in [0.5, 0.6) is 17.4 Å². The third-order valence-corrected chi connectivity index (χ3v) is 5.25. The first-order chi connectivity index (χ1) is 17.6. The number of aromatic amines is 1. The van der Waals surface area contributed by atoms with Crippen molar-refractivity contribution in [2.45, 2.75) is 12.8 Å². The number of urea groups is 1. The second-order valence-corrected chi connectivity index (χ2v) is 7.56. The maximum absolute atomic E-state index is 13.2. The van der Waals surface area contributed by atoms with Gasteiger partial charge < -0.3 is 14.5 Å². The van der Waals surface area contributed by atoms with Gasteiger partial charge in [0, 0.05) is 18.5 Å². The van der Waals surface area contributed by atoms with E-state index in [0.29, 0.717) is 28.2 Å². The number of fused-ring (bicyclic) bond motifs is 1. The fourth-order valence-electron chi connectivity index (χ4n) is 3.63. The first-order valence-corrected chi connectivity index (χ1v) is 10.3. The van der Waals surface area contributed by atoms with Crippen molar-refractivity contribution in [3.8, 4) is 17.4 Å². The van der Waals surface area contributed by atoms with Crippen LogP contribution in [0.25, 0.3) is 11.0 Å². The molecule has 4 aromatic rings. The smallest absolute Gasteiger partial charge is 0.417 e. The van der Waals surface area contributed by atoms with Crippen molar-refractivity contribution in [3.05, 3.63) is 60.8 Å². The van der Waals surface area contributed by atoms with E-state index in [1.165, 1.54) is 18.5 Å². The normalized spacial score (nSPS) is 14.2. The molecule has 0 unspecified atom stereocenters. The molecule has 0 bridgehead atoms. The highest BCUT2D eigenvalue weighted by Gasteiger charge is 2.40. The van der Waals surface area contributed by atoms with Gasteiger partial charge in [-0.1, -0.05) is 0 Å². The van der Waals surface area contributed by atoms with E-state index in [1.54, 1.807) is 12.3 Å². The number of H-pyrrole nitrogens is 1. The summed E-state index contributed by atoms with van der Waals surface area (Å²) in [6.45, 7) is -3.88. The van der Waals surface area contributed by atoms with Crippen LogP contribution >= 0.6 is 0 Å². The van der Waals surface area contributed by atoms with Gasteiger partial charge in [0.2, 0.25) is 5.88 Å². The van der Waals surface area contributed by atoms with Crippen molar-refractivity contribution in [2.75, 3.05) is 16.3 Å². The zero-order valence-corrected chi connectivity index (χ0v) is 18.2. The number of hydrogen-bond acceptors (Lipinski definition) is 7. The standard InChI is InChI=1S/C22H13F5N6O4/c23-20(24)37-16-6-12(1-2-15(16)36-19-14-3-4-29-18(14)30-10-31-19)33-17(34)9-32(21(33)35)13-5-11(7-28-8-13)22(25,26)27/h1-8,10,20H,9H2,(H,29,30,31). The van der Waals surface area contributed by atoms with Gasteiger partial charge in [-0.2, -0.15) is 22.0 Å². The molecule has 190 valence electrons. The molecule has 1 aliphatic heterocycles. The van der Waals surface area contributed by atoms with Crippen molar-refractivity contribution in [1.29, 1.82) is 0 Å². The first kappa shape index (κ1) is 23.9. The number of nitrogens with one attached hydrogen (secondary N) is 1. The summed E-state index contributed by atoms with van der Waals surface area (Å²) >= 11 is 0. The molecule has 0 spiro atoms. The fourth-order valence-corrected chi connectivity index (χ4v) is 3.63. The van der Waals surface area contributed by atoms with Gasteiger partial charge in [-0.05, 0) is 24.3 Å². The van der Waals surface area contributed by atoms with Gasteiger partial charge in [0.05, 0.1) is 28.5 Å². The Kier molecular flexibility index (Phi) is 5.81. The second-order valence-electron chi connectivity index (χ2n) is 7.56. The van der Waals surface area contributed by atoms with Gasteiger partial charge in [0.1, 0.15) is 18.5 Å². The molecule has 1 fully saturated rings. The number of aromatic nitrogens is 4. The van der Waals surface area contributed by atoms with Gasteiger partial charge in [0.15, 0.2) is 11.5 Å². The summed E-state index contributed by atoms with van der Waals surface area (Å²) in [5.41, 5.74) is -1.12. The van der Waals surface area contributed by atoms with E-state index in [2.05, 4.69) is 24.7 Å². The Hall–Kier alpha value is -4.82. The number of nitrogens with zero attached hydrogens (tertiary/aromatic N) is 5. The molecular formula is C22H13F5N6O4. The molecule has 5 rings (SSSR count). The topological polar surface area (TPSA) is 114 Å². The van der Waals surface area contributed by atoms with Crippen LogP contribution in [0.3, 0.4) is 0 Å². The molecule has 37 heavy (non-hydrogen) atoms. The maximum Gasteiger partial charge on any atom is 0.417 e. The summed E-state index contributed by atoms with van der Waals surface area (Å²) in [5, 5.41) is 0.449. The van der Waals surface area contributed by atoms with Crippen LogP contribution in [-0.2, 0) is 11.0 Å². The highest BCUT2D eigenvalue weighted by Crippen LogP contribution is 2.39. The molecule has 1 aliphatic rings. The summed E-state index contributed by atoms with van der Waals surface area (Å²) in [4.78, 5) is 41.4. The highest BCUT2D eigenvalue weighted by molar-refractivity contribution is 6.27. The fraction of sp³-hybridized carbons (Fsp3) is 0.136. The number of hydrogen-bond donors (Lipinski definition) is 1. The first-order valence-electron chi connectivity index (χ1n) is 10.3. The maximum atomic E-state index is 13.2. The lowest BCUT2D eigenvalue weighted by molar-refractivity contribution is -0.137. The lowest BCUT2D eigenvalue weighted by Gasteiger charge is -2.19. The molecule has 10 nitrogen and oxygen atoms in total. The van der Waals surface area contributed by atoms with E-state index in [9.17, 15) is 31.5 Å². The van der Waals surface area contributed by atoms with Crippen LogP contribution < -0.4 is 19.3 Å². The Labute approximate surface area is 203 Å². The summed E-state index contributed by atoms with van der Waals surface area (Å²) in [6, 6.07) is 4.65. The molecule has 0 saturated carbocycles. The van der Waals surface area contributed by atoms with Crippen LogP contribution in [0.1, 0.15) is 5.56 Å². The van der Waals surface area contributed by atoms with Crippen molar-refractivity contribution in [2.24, 2.45) is 0 Å². The van der Waals surface area contributed by atoms with E-state index in [-0.39, 0.29) is 23.0 Å². The molecular weight excluding hydrogens is 507 g/mol. The second kappa shape index (κ2) is 9.00. The summed E-state index contributed by atoms with van der Waals surface area (Å²) in [6.07, 6.45) is -0.384. The van der Waals surface area contributed by atoms with Crippen molar-refractivity contribution >= 4 is 34.3 Å². The van der Waals surface area contributed by atoms with Crippen LogP contribution in [0.15, 0.2) is 55.2 Å². The van der Waals surface area contributed by atoms with E-state index >= 15 is 0 Å². The van der Waals surface area contributed by atoms with E-state index in [0.717, 1.165) is 17.2 Å². The number of rotatable bonds is 6. The number of carbonyl (C=O) groups excluding carboxylic acids is 2. The Morgan fingerprint density at radius 2 is 1.81 bits per heavy atom. The minimum absolute atomic E-state index is 0.0228. The van der Waals surface area contributed by atoms with Gasteiger partial charge in [-0.25, -0.2) is 19.7 Å². The average molecular weight is 520 g/mol. The molecule has 15 heteroatoms. The number of halogens is 5. The average Bonchev–Trinajstić information content (AvgIpc) is 3.44. The van der Waals surface area contributed by atoms with Crippen molar-refractivity contribution in [3.63, 3.8) is 0 Å². The SMILES string of the molecule is O=C1CN(c2cncc(C(F)(F)F)c2)C(=O)N1c1ccc(Oc2ncnc3[nH]ccc23)c(OC(F)F)c1. The summed E-state index contributed by atoms with van der Waals surface area (Å²) in [7, 11) is 0. The zero-order valence-electron chi connectivity index (χ0n) is 18.2. The molecule has 1 N–H and O–H groups in total.